The van der Waals surface area contributed by atoms with E-state index in [1.165, 1.54) is 18.3 Å². The van der Waals surface area contributed by atoms with E-state index in [4.69, 9.17) is 4.52 Å². The van der Waals surface area contributed by atoms with Crippen molar-refractivity contribution in [3.63, 3.8) is 0 Å². The average Bonchev–Trinajstić information content (AvgIpc) is 3.02. The average molecular weight is 310 g/mol. The number of benzene rings is 1. The third-order valence-corrected chi connectivity index (χ3v) is 3.16. The quantitative estimate of drug-likeness (QED) is 0.739. The molecule has 0 saturated heterocycles. The van der Waals surface area contributed by atoms with Crippen molar-refractivity contribution in [1.82, 2.24) is 20.4 Å². The Morgan fingerprint density at radius 1 is 1.17 bits per heavy atom. The fraction of sp³-hybridized carbons (Fsp3) is 0.125. The lowest BCUT2D eigenvalue weighted by Gasteiger charge is -2.01. The van der Waals surface area contributed by atoms with Gasteiger partial charge in [0, 0.05) is 12.3 Å². The van der Waals surface area contributed by atoms with Crippen LogP contribution in [0.5, 0.6) is 0 Å². The Labute approximate surface area is 131 Å². The number of carbonyl (C=O) groups is 1. The number of pyridine rings is 1. The van der Waals surface area contributed by atoms with E-state index in [0.717, 1.165) is 5.56 Å². The Kier molecular flexibility index (Phi) is 4.28. The summed E-state index contributed by atoms with van der Waals surface area (Å²) in [7, 11) is 0. The van der Waals surface area contributed by atoms with Crippen molar-refractivity contribution in [2.75, 3.05) is 0 Å². The highest BCUT2D eigenvalue weighted by atomic mass is 16.5. The maximum atomic E-state index is 11.9. The van der Waals surface area contributed by atoms with Crippen molar-refractivity contribution in [2.24, 2.45) is 0 Å². The molecule has 0 aliphatic carbocycles. The van der Waals surface area contributed by atoms with Crippen LogP contribution in [-0.2, 0) is 13.0 Å². The van der Waals surface area contributed by atoms with Gasteiger partial charge in [0.1, 0.15) is 0 Å². The van der Waals surface area contributed by atoms with Crippen LogP contribution in [0.2, 0.25) is 0 Å². The molecule has 0 saturated carbocycles. The first-order valence-electron chi connectivity index (χ1n) is 7.03. The second-order valence-electron chi connectivity index (χ2n) is 4.89. The summed E-state index contributed by atoms with van der Waals surface area (Å²) in [5.74, 6) is 0.564. The van der Waals surface area contributed by atoms with E-state index in [0.29, 0.717) is 23.7 Å². The standard InChI is InChI=1S/C16H14N4O3/c21-14-7-6-12(9-17-14)16(22)18-10-13-19-15(23-20-13)8-11-4-2-1-3-5-11/h1-7,9H,8,10H2,(H,17,21)(H,18,22). The second-order valence-corrected chi connectivity index (χ2v) is 4.89. The zero-order valence-corrected chi connectivity index (χ0v) is 12.2. The molecule has 2 aromatic heterocycles. The van der Waals surface area contributed by atoms with Crippen molar-refractivity contribution in [3.8, 4) is 0 Å². The zero-order chi connectivity index (χ0) is 16.1. The first-order chi connectivity index (χ1) is 11.2. The lowest BCUT2D eigenvalue weighted by atomic mass is 10.1. The third kappa shape index (κ3) is 3.91. The van der Waals surface area contributed by atoms with Crippen LogP contribution in [0, 0.1) is 0 Å². The van der Waals surface area contributed by atoms with Crippen molar-refractivity contribution in [3.05, 3.63) is 81.9 Å². The Hall–Kier alpha value is -3.22. The van der Waals surface area contributed by atoms with Gasteiger partial charge in [0.2, 0.25) is 11.4 Å². The minimum atomic E-state index is -0.323. The molecule has 0 atom stereocenters. The van der Waals surface area contributed by atoms with E-state index in [-0.39, 0.29) is 18.0 Å². The van der Waals surface area contributed by atoms with Crippen LogP contribution in [-0.4, -0.2) is 21.0 Å². The van der Waals surface area contributed by atoms with Gasteiger partial charge in [-0.05, 0) is 11.6 Å². The summed E-state index contributed by atoms with van der Waals surface area (Å²) in [5.41, 5.74) is 1.17. The molecule has 7 heteroatoms. The highest BCUT2D eigenvalue weighted by Gasteiger charge is 2.10. The van der Waals surface area contributed by atoms with Crippen LogP contribution in [0.3, 0.4) is 0 Å². The van der Waals surface area contributed by atoms with Crippen LogP contribution in [0.4, 0.5) is 0 Å². The Morgan fingerprint density at radius 3 is 2.74 bits per heavy atom. The highest BCUT2D eigenvalue weighted by Crippen LogP contribution is 2.07. The summed E-state index contributed by atoms with van der Waals surface area (Å²) in [5, 5.41) is 6.50. The monoisotopic (exact) mass is 310 g/mol. The Morgan fingerprint density at radius 2 is 2.00 bits per heavy atom. The SMILES string of the molecule is O=C(NCc1noc(Cc2ccccc2)n1)c1ccc(=O)[nH]c1. The number of aromatic nitrogens is 3. The molecule has 2 N–H and O–H groups in total. The molecule has 0 spiro atoms. The predicted octanol–water partition coefficient (Wildman–Crippen LogP) is 1.28. The predicted molar refractivity (Wildman–Crippen MR) is 81.8 cm³/mol. The molecular weight excluding hydrogens is 296 g/mol. The normalized spacial score (nSPS) is 10.4. The summed E-state index contributed by atoms with van der Waals surface area (Å²) >= 11 is 0. The molecule has 0 fully saturated rings. The van der Waals surface area contributed by atoms with E-state index >= 15 is 0 Å². The number of nitrogens with zero attached hydrogens (tertiary/aromatic N) is 2. The molecule has 3 rings (SSSR count). The molecule has 3 aromatic rings. The van der Waals surface area contributed by atoms with Crippen molar-refractivity contribution < 1.29 is 9.32 Å². The van der Waals surface area contributed by atoms with E-state index in [2.05, 4.69) is 20.4 Å². The van der Waals surface area contributed by atoms with Gasteiger partial charge in [0.25, 0.3) is 5.91 Å². The largest absolute Gasteiger partial charge is 0.345 e. The van der Waals surface area contributed by atoms with Crippen LogP contribution in [0.25, 0.3) is 0 Å². The topological polar surface area (TPSA) is 101 Å². The molecule has 0 aliphatic heterocycles. The molecule has 0 aliphatic rings. The smallest absolute Gasteiger partial charge is 0.253 e. The van der Waals surface area contributed by atoms with Gasteiger partial charge in [-0.3, -0.25) is 9.59 Å². The van der Waals surface area contributed by atoms with Crippen molar-refractivity contribution in [2.45, 2.75) is 13.0 Å². The summed E-state index contributed by atoms with van der Waals surface area (Å²) in [6.45, 7) is 0.149. The van der Waals surface area contributed by atoms with Gasteiger partial charge in [0.05, 0.1) is 18.5 Å². The molecule has 0 radical (unpaired) electrons. The van der Waals surface area contributed by atoms with Gasteiger partial charge >= 0.3 is 0 Å². The van der Waals surface area contributed by atoms with Gasteiger partial charge in [-0.15, -0.1) is 0 Å². The van der Waals surface area contributed by atoms with Crippen molar-refractivity contribution in [1.29, 1.82) is 0 Å². The van der Waals surface area contributed by atoms with E-state index in [1.807, 2.05) is 30.3 Å². The molecule has 23 heavy (non-hydrogen) atoms. The lowest BCUT2D eigenvalue weighted by Crippen LogP contribution is -2.24. The maximum Gasteiger partial charge on any atom is 0.253 e. The number of aromatic amines is 1. The summed E-state index contributed by atoms with van der Waals surface area (Å²) in [4.78, 5) is 29.5. The number of rotatable bonds is 5. The number of hydrogen-bond acceptors (Lipinski definition) is 5. The van der Waals surface area contributed by atoms with Gasteiger partial charge in [-0.2, -0.15) is 4.98 Å². The van der Waals surface area contributed by atoms with Crippen molar-refractivity contribution >= 4 is 5.91 Å². The Balaban J connectivity index is 1.58. The van der Waals surface area contributed by atoms with Gasteiger partial charge < -0.3 is 14.8 Å². The van der Waals surface area contributed by atoms with Crippen LogP contribution >= 0.6 is 0 Å². The highest BCUT2D eigenvalue weighted by molar-refractivity contribution is 5.93. The fourth-order valence-corrected chi connectivity index (χ4v) is 2.02. The molecule has 1 amide bonds. The summed E-state index contributed by atoms with van der Waals surface area (Å²) in [6.07, 6.45) is 1.90. The lowest BCUT2D eigenvalue weighted by molar-refractivity contribution is 0.0949. The summed E-state index contributed by atoms with van der Waals surface area (Å²) in [6, 6.07) is 12.5. The fourth-order valence-electron chi connectivity index (χ4n) is 2.02. The zero-order valence-electron chi connectivity index (χ0n) is 12.2. The minimum absolute atomic E-state index is 0.149. The molecule has 1 aromatic carbocycles. The maximum absolute atomic E-state index is 11.9. The molecular formula is C16H14N4O3. The molecule has 2 heterocycles. The van der Waals surface area contributed by atoms with Crippen LogP contribution in [0.15, 0.2) is 58.0 Å². The van der Waals surface area contributed by atoms with Gasteiger partial charge in [-0.25, -0.2) is 0 Å². The molecule has 116 valence electrons. The third-order valence-electron chi connectivity index (χ3n) is 3.16. The second kappa shape index (κ2) is 6.69. The number of amides is 1. The van der Waals surface area contributed by atoms with Crippen LogP contribution in [0.1, 0.15) is 27.6 Å². The number of hydrogen-bond donors (Lipinski definition) is 2. The van der Waals surface area contributed by atoms with Gasteiger partial charge in [-0.1, -0.05) is 35.5 Å². The van der Waals surface area contributed by atoms with E-state index in [9.17, 15) is 9.59 Å². The summed E-state index contributed by atoms with van der Waals surface area (Å²) < 4.78 is 5.16. The first-order valence-corrected chi connectivity index (χ1v) is 7.03. The van der Waals surface area contributed by atoms with E-state index < -0.39 is 0 Å². The minimum Gasteiger partial charge on any atom is -0.345 e. The van der Waals surface area contributed by atoms with E-state index in [1.54, 1.807) is 0 Å². The number of nitrogens with one attached hydrogen (secondary N) is 2. The molecule has 7 nitrogen and oxygen atoms in total. The van der Waals surface area contributed by atoms with Crippen LogP contribution < -0.4 is 10.9 Å². The Bertz CT molecular complexity index is 835. The number of H-pyrrole nitrogens is 1. The molecule has 0 unspecified atom stereocenters. The first kappa shape index (κ1) is 14.7. The van der Waals surface area contributed by atoms with Gasteiger partial charge in [0.15, 0.2) is 5.82 Å². The number of carbonyl (C=O) groups excluding carboxylic acids is 1. The molecule has 0 bridgehead atoms.